The molecule has 7 nitrogen and oxygen atoms in total. The Morgan fingerprint density at radius 1 is 1.23 bits per heavy atom. The van der Waals surface area contributed by atoms with Crippen LogP contribution in [0.25, 0.3) is 11.0 Å². The summed E-state index contributed by atoms with van der Waals surface area (Å²) in [5.41, 5.74) is 4.89. The molecule has 2 N–H and O–H groups in total. The van der Waals surface area contributed by atoms with Crippen LogP contribution < -0.4 is 16.2 Å². The van der Waals surface area contributed by atoms with Crippen LogP contribution in [0.15, 0.2) is 29.2 Å². The second kappa shape index (κ2) is 7.89. The van der Waals surface area contributed by atoms with Crippen LogP contribution in [-0.4, -0.2) is 26.9 Å². The predicted octanol–water partition coefficient (Wildman–Crippen LogP) is 3.81. The molecule has 0 unspecified atom stereocenters. The summed E-state index contributed by atoms with van der Waals surface area (Å²) in [6.07, 6.45) is 6.77. The van der Waals surface area contributed by atoms with Crippen molar-refractivity contribution in [3.05, 3.63) is 57.0 Å². The number of carbonyl (C=O) groups excluding carboxylic acids is 1. The van der Waals surface area contributed by atoms with E-state index in [1.165, 1.54) is 18.1 Å². The highest BCUT2D eigenvalue weighted by molar-refractivity contribution is 5.99. The molecule has 7 heteroatoms. The van der Waals surface area contributed by atoms with Gasteiger partial charge >= 0.3 is 0 Å². The first kappa shape index (κ1) is 19.9. The lowest BCUT2D eigenvalue weighted by molar-refractivity contribution is 0.101. The molecule has 31 heavy (non-hydrogen) atoms. The Balaban J connectivity index is 1.61. The molecule has 0 spiro atoms. The number of nitrogens with zero attached hydrogens (tertiary/aromatic N) is 3. The van der Waals surface area contributed by atoms with Crippen molar-refractivity contribution < 1.29 is 4.79 Å². The number of hydrogen-bond acceptors (Lipinski definition) is 6. The number of hydrogen-bond donors (Lipinski definition) is 2. The number of Topliss-reactive ketones (excluding diaryl/α,β-unsaturated/α-hetero) is 1. The third-order valence-corrected chi connectivity index (χ3v) is 6.60. The Morgan fingerprint density at radius 3 is 2.81 bits per heavy atom. The summed E-state index contributed by atoms with van der Waals surface area (Å²) in [5, 5.41) is 7.46. The standard InChI is InChI=1S/C24H27N5O2/c1-14-20-13-26-24(27-18-8-7-17-12-25-10-9-16(17)11-18)28-22(20)29(19-5-3-4-6-19)23(31)21(14)15(2)30/h7-8,11,13,19,25H,3-6,9-10,12H2,1-2H3,(H,26,27,28). The highest BCUT2D eigenvalue weighted by Crippen LogP contribution is 2.32. The van der Waals surface area contributed by atoms with E-state index in [-0.39, 0.29) is 22.9 Å². The molecule has 3 heterocycles. The van der Waals surface area contributed by atoms with Gasteiger partial charge in [0.1, 0.15) is 5.65 Å². The zero-order chi connectivity index (χ0) is 21.5. The molecule has 1 fully saturated rings. The normalized spacial score (nSPS) is 16.5. The molecule has 1 aliphatic carbocycles. The molecular formula is C24H27N5O2. The third-order valence-electron chi connectivity index (χ3n) is 6.60. The quantitative estimate of drug-likeness (QED) is 0.628. The second-order valence-corrected chi connectivity index (χ2v) is 8.64. The maximum absolute atomic E-state index is 13.3. The molecule has 3 aromatic rings. The molecule has 0 radical (unpaired) electrons. The molecule has 0 saturated heterocycles. The Hall–Kier alpha value is -3.06. The van der Waals surface area contributed by atoms with Crippen LogP contribution in [0.5, 0.6) is 0 Å². The van der Waals surface area contributed by atoms with Crippen molar-refractivity contribution in [2.24, 2.45) is 0 Å². The minimum atomic E-state index is -0.227. The van der Waals surface area contributed by atoms with Crippen molar-refractivity contribution in [3.63, 3.8) is 0 Å². The average Bonchev–Trinajstić information content (AvgIpc) is 3.28. The summed E-state index contributed by atoms with van der Waals surface area (Å²) >= 11 is 0. The van der Waals surface area contributed by atoms with E-state index in [0.29, 0.717) is 17.2 Å². The lowest BCUT2D eigenvalue weighted by Crippen LogP contribution is -2.30. The van der Waals surface area contributed by atoms with Crippen LogP contribution >= 0.6 is 0 Å². The van der Waals surface area contributed by atoms with E-state index in [2.05, 4.69) is 27.8 Å². The van der Waals surface area contributed by atoms with Gasteiger partial charge in [0.25, 0.3) is 5.56 Å². The van der Waals surface area contributed by atoms with E-state index >= 15 is 0 Å². The number of fused-ring (bicyclic) bond motifs is 2. The van der Waals surface area contributed by atoms with Gasteiger partial charge < -0.3 is 10.6 Å². The Kier molecular flexibility index (Phi) is 5.06. The number of anilines is 2. The van der Waals surface area contributed by atoms with Crippen molar-refractivity contribution in [1.29, 1.82) is 0 Å². The van der Waals surface area contributed by atoms with Gasteiger partial charge in [-0.25, -0.2) is 4.98 Å². The number of nitrogens with one attached hydrogen (secondary N) is 2. The largest absolute Gasteiger partial charge is 0.324 e. The number of carbonyl (C=O) groups is 1. The molecular weight excluding hydrogens is 390 g/mol. The van der Waals surface area contributed by atoms with Crippen LogP contribution in [0, 0.1) is 6.92 Å². The molecule has 2 aliphatic rings. The number of ketones is 1. The van der Waals surface area contributed by atoms with Crippen molar-refractivity contribution in [2.75, 3.05) is 11.9 Å². The lowest BCUT2D eigenvalue weighted by atomic mass is 10.0. The van der Waals surface area contributed by atoms with E-state index in [1.807, 2.05) is 13.0 Å². The fourth-order valence-electron chi connectivity index (χ4n) is 4.99. The van der Waals surface area contributed by atoms with E-state index in [4.69, 9.17) is 4.98 Å². The van der Waals surface area contributed by atoms with E-state index < -0.39 is 0 Å². The summed E-state index contributed by atoms with van der Waals surface area (Å²) < 4.78 is 1.75. The summed E-state index contributed by atoms with van der Waals surface area (Å²) in [5.74, 6) is 0.254. The number of aryl methyl sites for hydroxylation is 1. The van der Waals surface area contributed by atoms with Crippen molar-refractivity contribution in [2.45, 2.75) is 58.5 Å². The molecule has 1 saturated carbocycles. The minimum Gasteiger partial charge on any atom is -0.324 e. The molecule has 1 aromatic carbocycles. The van der Waals surface area contributed by atoms with Crippen LogP contribution in [-0.2, 0) is 13.0 Å². The topological polar surface area (TPSA) is 88.9 Å². The lowest BCUT2D eigenvalue weighted by Gasteiger charge is -2.20. The van der Waals surface area contributed by atoms with E-state index in [9.17, 15) is 9.59 Å². The average molecular weight is 418 g/mol. The van der Waals surface area contributed by atoms with Crippen molar-refractivity contribution >= 4 is 28.5 Å². The van der Waals surface area contributed by atoms with Crippen LogP contribution in [0.2, 0.25) is 0 Å². The van der Waals surface area contributed by atoms with Gasteiger partial charge in [-0.15, -0.1) is 0 Å². The number of pyridine rings is 1. The highest BCUT2D eigenvalue weighted by atomic mass is 16.1. The Morgan fingerprint density at radius 2 is 2.03 bits per heavy atom. The van der Waals surface area contributed by atoms with Crippen LogP contribution in [0.3, 0.4) is 0 Å². The van der Waals surface area contributed by atoms with Crippen LogP contribution in [0.4, 0.5) is 11.6 Å². The van der Waals surface area contributed by atoms with Gasteiger partial charge in [-0.05, 0) is 68.5 Å². The Labute approximate surface area is 180 Å². The SMILES string of the molecule is CC(=O)c1c(C)c2cnc(Nc3ccc4c(c3)CCNC4)nc2n(C2CCCC2)c1=O. The van der Waals surface area contributed by atoms with Crippen molar-refractivity contribution in [1.82, 2.24) is 19.9 Å². The summed E-state index contributed by atoms with van der Waals surface area (Å²) in [4.78, 5) is 34.8. The maximum atomic E-state index is 13.3. The molecule has 0 bridgehead atoms. The fourth-order valence-corrected chi connectivity index (χ4v) is 4.99. The van der Waals surface area contributed by atoms with Gasteiger partial charge in [-0.1, -0.05) is 18.9 Å². The van der Waals surface area contributed by atoms with Gasteiger partial charge in [0.2, 0.25) is 5.95 Å². The maximum Gasteiger partial charge on any atom is 0.263 e. The monoisotopic (exact) mass is 417 g/mol. The van der Waals surface area contributed by atoms with Gasteiger partial charge in [-0.2, -0.15) is 4.98 Å². The summed E-state index contributed by atoms with van der Waals surface area (Å²) in [6.45, 7) is 5.15. The minimum absolute atomic E-state index is 0.0766. The van der Waals surface area contributed by atoms with Crippen molar-refractivity contribution in [3.8, 4) is 0 Å². The summed E-state index contributed by atoms with van der Waals surface area (Å²) in [7, 11) is 0. The second-order valence-electron chi connectivity index (χ2n) is 8.64. The molecule has 0 atom stereocenters. The molecule has 2 aromatic heterocycles. The van der Waals surface area contributed by atoms with E-state index in [1.54, 1.807) is 10.8 Å². The van der Waals surface area contributed by atoms with Gasteiger partial charge in [-0.3, -0.25) is 14.2 Å². The zero-order valence-electron chi connectivity index (χ0n) is 18.0. The first-order valence-electron chi connectivity index (χ1n) is 11.1. The van der Waals surface area contributed by atoms with Crippen LogP contribution in [0.1, 0.15) is 65.7 Å². The van der Waals surface area contributed by atoms with E-state index in [0.717, 1.165) is 56.3 Å². The summed E-state index contributed by atoms with van der Waals surface area (Å²) in [6, 6.07) is 6.39. The zero-order valence-corrected chi connectivity index (χ0v) is 18.0. The predicted molar refractivity (Wildman–Crippen MR) is 121 cm³/mol. The number of benzene rings is 1. The molecule has 1 aliphatic heterocycles. The van der Waals surface area contributed by atoms with Gasteiger partial charge in [0.15, 0.2) is 5.78 Å². The first-order valence-corrected chi connectivity index (χ1v) is 11.1. The fraction of sp³-hybridized carbons (Fsp3) is 0.417. The highest BCUT2D eigenvalue weighted by Gasteiger charge is 2.25. The van der Waals surface area contributed by atoms with Gasteiger partial charge in [0, 0.05) is 29.9 Å². The number of aromatic nitrogens is 3. The number of rotatable bonds is 4. The Bertz CT molecular complexity index is 1240. The van der Waals surface area contributed by atoms with Gasteiger partial charge in [0.05, 0.1) is 5.56 Å². The molecule has 160 valence electrons. The smallest absolute Gasteiger partial charge is 0.263 e. The first-order chi connectivity index (χ1) is 15.0. The third kappa shape index (κ3) is 3.53. The molecule has 0 amide bonds. The molecule has 5 rings (SSSR count).